The number of fused-ring (bicyclic) bond motifs is 1. The first kappa shape index (κ1) is 12.3. The number of carbonyl (C=O) groups is 3. The van der Waals surface area contributed by atoms with Gasteiger partial charge in [0, 0.05) is 11.8 Å². The number of piperidine rings is 1. The first-order valence-corrected chi connectivity index (χ1v) is 6.10. The molecule has 0 aliphatic carbocycles. The van der Waals surface area contributed by atoms with Gasteiger partial charge in [-0.15, -0.1) is 0 Å². The van der Waals surface area contributed by atoms with E-state index in [0.29, 0.717) is 22.9 Å². The summed E-state index contributed by atoms with van der Waals surface area (Å²) in [6.45, 7) is 0. The molecule has 1 unspecified atom stereocenters. The van der Waals surface area contributed by atoms with Gasteiger partial charge < -0.3 is 5.11 Å². The van der Waals surface area contributed by atoms with Crippen molar-refractivity contribution in [3.8, 4) is 0 Å². The fourth-order valence-corrected chi connectivity index (χ4v) is 2.48. The average Bonchev–Trinajstić information content (AvgIpc) is 2.86. The monoisotopic (exact) mass is 273 g/mol. The van der Waals surface area contributed by atoms with Gasteiger partial charge >= 0.3 is 5.97 Å². The van der Waals surface area contributed by atoms with E-state index in [-0.39, 0.29) is 17.9 Å². The van der Waals surface area contributed by atoms with E-state index in [9.17, 15) is 14.4 Å². The third-order valence-corrected chi connectivity index (χ3v) is 3.45. The largest absolute Gasteiger partial charge is 0.478 e. The topological polar surface area (TPSA) is 112 Å². The second-order valence-electron chi connectivity index (χ2n) is 4.71. The summed E-state index contributed by atoms with van der Waals surface area (Å²) in [5.74, 6) is -2.31. The number of aromatic carboxylic acids is 1. The van der Waals surface area contributed by atoms with Gasteiger partial charge in [-0.1, -0.05) is 0 Å². The Morgan fingerprint density at radius 2 is 2.15 bits per heavy atom. The van der Waals surface area contributed by atoms with Crippen LogP contribution in [0, 0.1) is 0 Å². The minimum Gasteiger partial charge on any atom is -0.478 e. The summed E-state index contributed by atoms with van der Waals surface area (Å²) in [5.41, 5.74) is 1.23. The number of carbonyl (C=O) groups excluding carboxylic acids is 2. The Morgan fingerprint density at radius 1 is 1.35 bits per heavy atom. The summed E-state index contributed by atoms with van der Waals surface area (Å²) in [7, 11) is 0. The smallest absolute Gasteiger partial charge is 0.335 e. The van der Waals surface area contributed by atoms with Gasteiger partial charge in [0.25, 0.3) is 0 Å². The number of carboxylic acids is 1. The summed E-state index contributed by atoms with van der Waals surface area (Å²) >= 11 is 0. The Balaban J connectivity index is 2.14. The van der Waals surface area contributed by atoms with Crippen molar-refractivity contribution in [3.05, 3.63) is 29.5 Å². The van der Waals surface area contributed by atoms with Gasteiger partial charge in [0.15, 0.2) is 0 Å². The molecule has 7 nitrogen and oxygen atoms in total. The lowest BCUT2D eigenvalue weighted by Gasteiger charge is -2.21. The molecule has 3 rings (SSSR count). The van der Waals surface area contributed by atoms with Crippen molar-refractivity contribution >= 4 is 28.7 Å². The lowest BCUT2D eigenvalue weighted by atomic mass is 9.87. The molecule has 1 aromatic carbocycles. The molecule has 1 saturated heterocycles. The molecule has 7 heteroatoms. The Morgan fingerprint density at radius 3 is 2.85 bits per heavy atom. The number of nitrogens with one attached hydrogen (secondary N) is 2. The van der Waals surface area contributed by atoms with Crippen molar-refractivity contribution in [2.24, 2.45) is 0 Å². The van der Waals surface area contributed by atoms with Crippen LogP contribution in [0.2, 0.25) is 0 Å². The van der Waals surface area contributed by atoms with Crippen molar-refractivity contribution < 1.29 is 19.5 Å². The molecule has 0 saturated carbocycles. The Bertz CT molecular complexity index is 734. The molecule has 2 aromatic rings. The first-order chi connectivity index (χ1) is 9.56. The zero-order valence-corrected chi connectivity index (χ0v) is 10.3. The molecule has 20 heavy (non-hydrogen) atoms. The number of benzene rings is 1. The Hall–Kier alpha value is -2.70. The third-order valence-electron chi connectivity index (χ3n) is 3.45. The van der Waals surface area contributed by atoms with Crippen LogP contribution < -0.4 is 5.32 Å². The number of rotatable bonds is 2. The minimum absolute atomic E-state index is 0.0847. The van der Waals surface area contributed by atoms with E-state index in [1.807, 2.05) is 0 Å². The summed E-state index contributed by atoms with van der Waals surface area (Å²) in [5, 5.41) is 18.7. The Kier molecular flexibility index (Phi) is 2.74. The molecular weight excluding hydrogens is 262 g/mol. The number of aromatic nitrogens is 2. The summed E-state index contributed by atoms with van der Waals surface area (Å²) in [4.78, 5) is 34.3. The van der Waals surface area contributed by atoms with Crippen molar-refractivity contribution in [3.63, 3.8) is 0 Å². The number of carboxylic acid groups (broad SMARTS) is 1. The molecule has 102 valence electrons. The van der Waals surface area contributed by atoms with Crippen LogP contribution in [-0.2, 0) is 9.59 Å². The van der Waals surface area contributed by atoms with E-state index >= 15 is 0 Å². The van der Waals surface area contributed by atoms with Crippen molar-refractivity contribution in [2.75, 3.05) is 0 Å². The highest BCUT2D eigenvalue weighted by Gasteiger charge is 2.30. The van der Waals surface area contributed by atoms with E-state index in [0.717, 1.165) is 0 Å². The quantitative estimate of drug-likeness (QED) is 0.700. The highest BCUT2D eigenvalue weighted by atomic mass is 16.4. The number of hydrogen-bond acceptors (Lipinski definition) is 4. The lowest BCUT2D eigenvalue weighted by molar-refractivity contribution is -0.134. The molecule has 1 aliphatic rings. The zero-order valence-electron chi connectivity index (χ0n) is 10.3. The second-order valence-corrected chi connectivity index (χ2v) is 4.71. The van der Waals surface area contributed by atoms with E-state index in [2.05, 4.69) is 15.5 Å². The predicted octanol–water partition coefficient (Wildman–Crippen LogP) is 0.781. The molecule has 0 bridgehead atoms. The van der Waals surface area contributed by atoms with Crippen molar-refractivity contribution in [1.29, 1.82) is 0 Å². The molecular formula is C13H11N3O4. The number of H-pyrrole nitrogens is 1. The van der Waals surface area contributed by atoms with Crippen LogP contribution in [0.1, 0.15) is 34.7 Å². The molecule has 2 heterocycles. The van der Waals surface area contributed by atoms with Crippen molar-refractivity contribution in [2.45, 2.75) is 18.8 Å². The SMILES string of the molecule is O=C1CCC(c2cc(C(=O)O)cc3[nH]ncc23)C(=O)N1. The molecule has 1 aromatic heterocycles. The maximum absolute atomic E-state index is 11.9. The average molecular weight is 273 g/mol. The summed E-state index contributed by atoms with van der Waals surface area (Å²) in [6.07, 6.45) is 2.17. The number of hydrogen-bond donors (Lipinski definition) is 3. The van der Waals surface area contributed by atoms with Crippen LogP contribution in [0.4, 0.5) is 0 Å². The zero-order chi connectivity index (χ0) is 14.3. The molecule has 1 atom stereocenters. The fraction of sp³-hybridized carbons (Fsp3) is 0.231. The number of nitrogens with zero attached hydrogens (tertiary/aromatic N) is 1. The van der Waals surface area contributed by atoms with E-state index in [1.54, 1.807) is 6.20 Å². The van der Waals surface area contributed by atoms with E-state index in [1.165, 1.54) is 12.1 Å². The standard InChI is InChI=1S/C13H11N3O4/c17-11-2-1-7(12(18)15-11)8-3-6(13(19)20)4-10-9(8)5-14-16-10/h3-5,7H,1-2H2,(H,14,16)(H,19,20)(H,15,17,18). The molecule has 1 fully saturated rings. The summed E-state index contributed by atoms with van der Waals surface area (Å²) < 4.78 is 0. The predicted molar refractivity (Wildman–Crippen MR) is 68.2 cm³/mol. The van der Waals surface area contributed by atoms with Gasteiger partial charge in [0.2, 0.25) is 11.8 Å². The number of amides is 2. The maximum atomic E-state index is 11.9. The molecule has 2 amide bonds. The van der Waals surface area contributed by atoms with Crippen molar-refractivity contribution in [1.82, 2.24) is 15.5 Å². The number of imide groups is 1. The van der Waals surface area contributed by atoms with Gasteiger partial charge in [-0.2, -0.15) is 5.10 Å². The first-order valence-electron chi connectivity index (χ1n) is 6.10. The minimum atomic E-state index is -1.07. The Labute approximate surface area is 113 Å². The van der Waals surface area contributed by atoms with Gasteiger partial charge in [-0.25, -0.2) is 4.79 Å². The fourth-order valence-electron chi connectivity index (χ4n) is 2.48. The summed E-state index contributed by atoms with van der Waals surface area (Å²) in [6, 6.07) is 2.94. The van der Waals surface area contributed by atoms with Gasteiger partial charge in [0.1, 0.15) is 0 Å². The normalized spacial score (nSPS) is 19.1. The van der Waals surface area contributed by atoms with E-state index < -0.39 is 17.8 Å². The van der Waals surface area contributed by atoms with Gasteiger partial charge in [-0.3, -0.25) is 20.0 Å². The van der Waals surface area contributed by atoms with Gasteiger partial charge in [0.05, 0.1) is 23.2 Å². The van der Waals surface area contributed by atoms with Crippen LogP contribution in [0.25, 0.3) is 10.9 Å². The molecule has 0 spiro atoms. The molecule has 1 aliphatic heterocycles. The molecule has 3 N–H and O–H groups in total. The van der Waals surface area contributed by atoms with Crippen LogP contribution in [0.5, 0.6) is 0 Å². The third kappa shape index (κ3) is 1.93. The van der Waals surface area contributed by atoms with Crippen LogP contribution >= 0.6 is 0 Å². The second kappa shape index (κ2) is 4.44. The number of aromatic amines is 1. The molecule has 0 radical (unpaired) electrons. The highest BCUT2D eigenvalue weighted by Crippen LogP contribution is 2.31. The highest BCUT2D eigenvalue weighted by molar-refractivity contribution is 6.03. The van der Waals surface area contributed by atoms with Crippen LogP contribution in [-0.4, -0.2) is 33.1 Å². The van der Waals surface area contributed by atoms with E-state index in [4.69, 9.17) is 5.11 Å². The lowest BCUT2D eigenvalue weighted by Crippen LogP contribution is -2.39. The van der Waals surface area contributed by atoms with Crippen LogP contribution in [0.15, 0.2) is 18.3 Å². The maximum Gasteiger partial charge on any atom is 0.335 e. The van der Waals surface area contributed by atoms with Gasteiger partial charge in [-0.05, 0) is 24.1 Å². The van der Waals surface area contributed by atoms with Crippen LogP contribution in [0.3, 0.4) is 0 Å².